The predicted octanol–water partition coefficient (Wildman–Crippen LogP) is 6.06. The second-order valence-electron chi connectivity index (χ2n) is 8.39. The summed E-state index contributed by atoms with van der Waals surface area (Å²) in [5, 5.41) is 2.84. The van der Waals surface area contributed by atoms with Crippen molar-refractivity contribution in [2.45, 2.75) is 26.7 Å². The smallest absolute Gasteiger partial charge is 0.343 e. The lowest BCUT2D eigenvalue weighted by Gasteiger charge is -2.10. The molecule has 37 heavy (non-hydrogen) atoms. The van der Waals surface area contributed by atoms with Crippen molar-refractivity contribution < 1.29 is 28.6 Å². The molecule has 3 rings (SSSR count). The number of esters is 2. The number of hydrogen-bond donors (Lipinski definition) is 1. The summed E-state index contributed by atoms with van der Waals surface area (Å²) in [5.41, 5.74) is 2.97. The summed E-state index contributed by atoms with van der Waals surface area (Å²) in [4.78, 5) is 35.5. The Hall–Kier alpha value is -4.39. The molecule has 1 atom stereocenters. The van der Waals surface area contributed by atoms with E-state index in [-0.39, 0.29) is 18.4 Å². The molecule has 1 N–H and O–H groups in total. The molecular formula is C30H31NO6. The van der Waals surface area contributed by atoms with Crippen LogP contribution in [0, 0.1) is 5.92 Å². The fourth-order valence-corrected chi connectivity index (χ4v) is 3.25. The quantitative estimate of drug-likeness (QED) is 0.140. The van der Waals surface area contributed by atoms with Gasteiger partial charge in [-0.15, -0.1) is 0 Å². The summed E-state index contributed by atoms with van der Waals surface area (Å²) in [6.07, 6.45) is 2.47. The van der Waals surface area contributed by atoms with Crippen molar-refractivity contribution in [2.75, 3.05) is 18.5 Å². The SMILES string of the molecule is C=CC(=O)OCCCOc1ccc(-c2ccc(OC(=O)c3ccc(NC(=O)C(C)CC)cc3)cc2)cc1. The van der Waals surface area contributed by atoms with Gasteiger partial charge in [-0.1, -0.05) is 44.7 Å². The molecule has 0 bridgehead atoms. The third-order valence-corrected chi connectivity index (χ3v) is 5.67. The van der Waals surface area contributed by atoms with Crippen LogP contribution in [0.4, 0.5) is 5.69 Å². The zero-order chi connectivity index (χ0) is 26.6. The molecule has 0 aromatic heterocycles. The Morgan fingerprint density at radius 2 is 1.46 bits per heavy atom. The topological polar surface area (TPSA) is 90.9 Å². The number of carbonyl (C=O) groups is 3. The first kappa shape index (κ1) is 27.2. The maximum absolute atomic E-state index is 12.5. The third-order valence-electron chi connectivity index (χ3n) is 5.67. The first-order chi connectivity index (χ1) is 17.9. The largest absolute Gasteiger partial charge is 0.493 e. The summed E-state index contributed by atoms with van der Waals surface area (Å²) < 4.78 is 16.1. The van der Waals surface area contributed by atoms with Crippen molar-refractivity contribution in [1.82, 2.24) is 0 Å². The Balaban J connectivity index is 1.50. The summed E-state index contributed by atoms with van der Waals surface area (Å²) in [7, 11) is 0. The number of carbonyl (C=O) groups excluding carboxylic acids is 3. The molecule has 7 nitrogen and oxygen atoms in total. The summed E-state index contributed by atoms with van der Waals surface area (Å²) in [6.45, 7) is 7.88. The van der Waals surface area contributed by atoms with Gasteiger partial charge in [-0.2, -0.15) is 0 Å². The molecule has 0 spiro atoms. The lowest BCUT2D eigenvalue weighted by atomic mass is 10.1. The fourth-order valence-electron chi connectivity index (χ4n) is 3.25. The molecule has 0 fully saturated rings. The van der Waals surface area contributed by atoms with Gasteiger partial charge >= 0.3 is 11.9 Å². The minimum Gasteiger partial charge on any atom is -0.493 e. The molecule has 3 aromatic rings. The molecule has 3 aromatic carbocycles. The van der Waals surface area contributed by atoms with E-state index in [0.717, 1.165) is 29.4 Å². The fraction of sp³-hybridized carbons (Fsp3) is 0.233. The molecule has 0 saturated heterocycles. The average molecular weight is 502 g/mol. The van der Waals surface area contributed by atoms with Crippen molar-refractivity contribution in [3.63, 3.8) is 0 Å². The molecule has 0 saturated carbocycles. The average Bonchev–Trinajstić information content (AvgIpc) is 2.93. The maximum atomic E-state index is 12.5. The molecule has 0 aliphatic rings. The third kappa shape index (κ3) is 8.35. The van der Waals surface area contributed by atoms with Crippen LogP contribution >= 0.6 is 0 Å². The Labute approximate surface area is 217 Å². The number of rotatable bonds is 12. The van der Waals surface area contributed by atoms with E-state index in [0.29, 0.717) is 30.0 Å². The second-order valence-corrected chi connectivity index (χ2v) is 8.39. The zero-order valence-electron chi connectivity index (χ0n) is 21.1. The molecule has 0 radical (unpaired) electrons. The highest BCUT2D eigenvalue weighted by atomic mass is 16.5. The summed E-state index contributed by atoms with van der Waals surface area (Å²) >= 11 is 0. The highest BCUT2D eigenvalue weighted by Gasteiger charge is 2.12. The Morgan fingerprint density at radius 1 is 0.865 bits per heavy atom. The predicted molar refractivity (Wildman–Crippen MR) is 143 cm³/mol. The van der Waals surface area contributed by atoms with Crippen molar-refractivity contribution in [3.05, 3.63) is 91.0 Å². The Kier molecular flexibility index (Phi) is 10.0. The van der Waals surface area contributed by atoms with Gasteiger partial charge in [0.15, 0.2) is 0 Å². The van der Waals surface area contributed by atoms with Crippen LogP contribution in [0.3, 0.4) is 0 Å². The number of nitrogens with one attached hydrogen (secondary N) is 1. The molecule has 1 amide bonds. The van der Waals surface area contributed by atoms with Gasteiger partial charge in [0.1, 0.15) is 11.5 Å². The van der Waals surface area contributed by atoms with E-state index < -0.39 is 11.9 Å². The minimum atomic E-state index is -0.478. The molecule has 0 aliphatic carbocycles. The number of amides is 1. The number of ether oxygens (including phenoxy) is 3. The molecule has 0 aliphatic heterocycles. The van der Waals surface area contributed by atoms with Gasteiger partial charge in [0.2, 0.25) is 5.91 Å². The van der Waals surface area contributed by atoms with E-state index in [9.17, 15) is 14.4 Å². The summed E-state index contributed by atoms with van der Waals surface area (Å²) in [6, 6.07) is 21.5. The summed E-state index contributed by atoms with van der Waals surface area (Å²) in [5.74, 6) is 0.0980. The van der Waals surface area contributed by atoms with Crippen molar-refractivity contribution in [3.8, 4) is 22.6 Å². The van der Waals surface area contributed by atoms with Crippen molar-refractivity contribution in [2.24, 2.45) is 5.92 Å². The van der Waals surface area contributed by atoms with Crippen LogP contribution in [-0.2, 0) is 14.3 Å². The lowest BCUT2D eigenvalue weighted by molar-refractivity contribution is -0.138. The molecule has 1 unspecified atom stereocenters. The van der Waals surface area contributed by atoms with E-state index in [1.165, 1.54) is 0 Å². The van der Waals surface area contributed by atoms with E-state index >= 15 is 0 Å². The highest BCUT2D eigenvalue weighted by molar-refractivity contribution is 5.94. The first-order valence-corrected chi connectivity index (χ1v) is 12.1. The van der Waals surface area contributed by atoms with Crippen LogP contribution in [0.1, 0.15) is 37.0 Å². The van der Waals surface area contributed by atoms with Gasteiger partial charge in [0.05, 0.1) is 18.8 Å². The van der Waals surface area contributed by atoms with E-state index in [4.69, 9.17) is 14.2 Å². The van der Waals surface area contributed by atoms with Gasteiger partial charge in [0, 0.05) is 24.1 Å². The molecule has 0 heterocycles. The van der Waals surface area contributed by atoms with Crippen LogP contribution in [0.2, 0.25) is 0 Å². The second kappa shape index (κ2) is 13.6. The normalized spacial score (nSPS) is 11.2. The van der Waals surface area contributed by atoms with Crippen LogP contribution in [-0.4, -0.2) is 31.1 Å². The van der Waals surface area contributed by atoms with Crippen LogP contribution in [0.25, 0.3) is 11.1 Å². The van der Waals surface area contributed by atoms with Crippen LogP contribution in [0.5, 0.6) is 11.5 Å². The number of anilines is 1. The van der Waals surface area contributed by atoms with Gasteiger partial charge in [-0.25, -0.2) is 9.59 Å². The number of hydrogen-bond acceptors (Lipinski definition) is 6. The maximum Gasteiger partial charge on any atom is 0.343 e. The minimum absolute atomic E-state index is 0.0520. The van der Waals surface area contributed by atoms with E-state index in [1.807, 2.05) is 50.2 Å². The van der Waals surface area contributed by atoms with E-state index in [1.54, 1.807) is 36.4 Å². The Morgan fingerprint density at radius 3 is 2.03 bits per heavy atom. The van der Waals surface area contributed by atoms with Gasteiger partial charge in [-0.05, 0) is 66.1 Å². The van der Waals surface area contributed by atoms with Crippen molar-refractivity contribution in [1.29, 1.82) is 0 Å². The van der Waals surface area contributed by atoms with Crippen molar-refractivity contribution >= 4 is 23.5 Å². The van der Waals surface area contributed by atoms with Gasteiger partial charge < -0.3 is 19.5 Å². The highest BCUT2D eigenvalue weighted by Crippen LogP contribution is 2.25. The van der Waals surface area contributed by atoms with Crippen LogP contribution < -0.4 is 14.8 Å². The van der Waals surface area contributed by atoms with Crippen LogP contribution in [0.15, 0.2) is 85.5 Å². The molecule has 7 heteroatoms. The monoisotopic (exact) mass is 501 g/mol. The lowest BCUT2D eigenvalue weighted by Crippen LogP contribution is -2.19. The zero-order valence-corrected chi connectivity index (χ0v) is 21.1. The molecular weight excluding hydrogens is 470 g/mol. The van der Waals surface area contributed by atoms with E-state index in [2.05, 4.69) is 11.9 Å². The standard InChI is InChI=1S/C30H31NO6/c1-4-21(3)29(33)31-25-13-7-24(8-14-25)30(34)37-27-17-11-23(12-18-27)22-9-15-26(16-10-22)35-19-6-20-36-28(32)5-2/h5,7-18,21H,2,4,6,19-20H2,1,3H3,(H,31,33). The Bertz CT molecular complexity index is 1200. The van der Waals surface area contributed by atoms with Gasteiger partial charge in [0.25, 0.3) is 0 Å². The first-order valence-electron chi connectivity index (χ1n) is 12.1. The van der Waals surface area contributed by atoms with Gasteiger partial charge in [-0.3, -0.25) is 4.79 Å². The molecule has 192 valence electrons. The number of benzene rings is 3.